The van der Waals surface area contributed by atoms with E-state index in [4.69, 9.17) is 9.47 Å². The summed E-state index contributed by atoms with van der Waals surface area (Å²) in [5, 5.41) is 0. The van der Waals surface area contributed by atoms with Crippen LogP contribution in [0.15, 0.2) is 12.2 Å². The molecule has 84 valence electrons. The maximum absolute atomic E-state index is 5.38. The molecule has 0 aliphatic carbocycles. The van der Waals surface area contributed by atoms with Gasteiger partial charge >= 0.3 is 0 Å². The molecule has 0 fully saturated rings. The van der Waals surface area contributed by atoms with Crippen molar-refractivity contribution in [2.45, 2.75) is 52.7 Å². The molecule has 0 atom stereocenters. The highest BCUT2D eigenvalue weighted by atomic mass is 16.7. The van der Waals surface area contributed by atoms with Crippen molar-refractivity contribution in [3.8, 4) is 0 Å². The zero-order chi connectivity index (χ0) is 10.6. The van der Waals surface area contributed by atoms with Crippen LogP contribution in [0, 0.1) is 0 Å². The van der Waals surface area contributed by atoms with Gasteiger partial charge in [0.05, 0.1) is 0 Å². The molecule has 0 aromatic rings. The lowest BCUT2D eigenvalue weighted by Gasteiger charge is -2.12. The predicted octanol–water partition coefficient (Wildman–Crippen LogP) is 3.52. The first kappa shape index (κ1) is 13.7. The summed E-state index contributed by atoms with van der Waals surface area (Å²) in [6, 6.07) is 0. The Morgan fingerprint density at radius 1 is 1.00 bits per heavy atom. The summed E-state index contributed by atoms with van der Waals surface area (Å²) in [4.78, 5) is 0. The van der Waals surface area contributed by atoms with Crippen LogP contribution in [0.2, 0.25) is 0 Å². The van der Waals surface area contributed by atoms with Crippen molar-refractivity contribution >= 4 is 0 Å². The molecular formula is C12H24O2. The van der Waals surface area contributed by atoms with Gasteiger partial charge in [-0.25, -0.2) is 0 Å². The van der Waals surface area contributed by atoms with Crippen molar-refractivity contribution < 1.29 is 9.47 Å². The van der Waals surface area contributed by atoms with Gasteiger partial charge < -0.3 is 9.47 Å². The zero-order valence-corrected chi connectivity index (χ0v) is 9.79. The molecule has 0 rings (SSSR count). The number of hydrogen-bond acceptors (Lipinski definition) is 2. The van der Waals surface area contributed by atoms with Gasteiger partial charge in [-0.05, 0) is 32.8 Å². The second kappa shape index (κ2) is 10.7. The molecular weight excluding hydrogens is 176 g/mol. The van der Waals surface area contributed by atoms with E-state index in [0.29, 0.717) is 13.2 Å². The fraction of sp³-hybridized carbons (Fsp3) is 0.833. The molecule has 2 nitrogen and oxygen atoms in total. The quantitative estimate of drug-likeness (QED) is 0.322. The van der Waals surface area contributed by atoms with Crippen LogP contribution in [0.25, 0.3) is 0 Å². The summed E-state index contributed by atoms with van der Waals surface area (Å²) in [6.45, 7) is 7.58. The summed E-state index contributed by atoms with van der Waals surface area (Å²) in [5.41, 5.74) is 0. The Kier molecular flexibility index (Phi) is 10.5. The van der Waals surface area contributed by atoms with Crippen molar-refractivity contribution in [3.63, 3.8) is 0 Å². The predicted molar refractivity (Wildman–Crippen MR) is 60.3 cm³/mol. The van der Waals surface area contributed by atoms with Gasteiger partial charge in [-0.15, -0.1) is 0 Å². The van der Waals surface area contributed by atoms with Gasteiger partial charge in [-0.1, -0.05) is 25.8 Å². The van der Waals surface area contributed by atoms with Crippen LogP contribution in [0.3, 0.4) is 0 Å². The molecule has 0 bridgehead atoms. The van der Waals surface area contributed by atoms with E-state index in [1.807, 2.05) is 19.9 Å². The third-order valence-corrected chi connectivity index (χ3v) is 1.93. The van der Waals surface area contributed by atoms with Gasteiger partial charge in [-0.3, -0.25) is 0 Å². The highest BCUT2D eigenvalue weighted by molar-refractivity contribution is 4.85. The third-order valence-electron chi connectivity index (χ3n) is 1.93. The minimum atomic E-state index is -0.147. The number of allylic oxidation sites excluding steroid dienone is 1. The summed E-state index contributed by atoms with van der Waals surface area (Å²) in [5.74, 6) is 0. The van der Waals surface area contributed by atoms with Crippen LogP contribution >= 0.6 is 0 Å². The van der Waals surface area contributed by atoms with Crippen molar-refractivity contribution in [1.82, 2.24) is 0 Å². The van der Waals surface area contributed by atoms with E-state index in [1.54, 1.807) is 0 Å². The van der Waals surface area contributed by atoms with Gasteiger partial charge in [0.2, 0.25) is 0 Å². The Morgan fingerprint density at radius 2 is 1.64 bits per heavy atom. The van der Waals surface area contributed by atoms with Crippen molar-refractivity contribution in [2.75, 3.05) is 13.2 Å². The molecule has 0 amide bonds. The van der Waals surface area contributed by atoms with Crippen LogP contribution in [0.1, 0.15) is 46.5 Å². The average molecular weight is 200 g/mol. The molecule has 14 heavy (non-hydrogen) atoms. The van der Waals surface area contributed by atoms with Crippen LogP contribution in [0.4, 0.5) is 0 Å². The van der Waals surface area contributed by atoms with E-state index in [9.17, 15) is 0 Å². The maximum Gasteiger partial charge on any atom is 0.176 e. The fourth-order valence-corrected chi connectivity index (χ4v) is 1.21. The van der Waals surface area contributed by atoms with E-state index in [-0.39, 0.29) is 6.29 Å². The van der Waals surface area contributed by atoms with Gasteiger partial charge in [0.25, 0.3) is 0 Å². The number of ether oxygens (including phenoxy) is 2. The Balaban J connectivity index is 3.55. The Morgan fingerprint density at radius 3 is 2.14 bits per heavy atom. The summed E-state index contributed by atoms with van der Waals surface area (Å²) >= 11 is 0. The molecule has 0 N–H and O–H groups in total. The molecule has 2 heteroatoms. The smallest absolute Gasteiger partial charge is 0.176 e. The highest BCUT2D eigenvalue weighted by Crippen LogP contribution is 2.02. The first-order valence-electron chi connectivity index (χ1n) is 5.74. The molecule has 0 aromatic carbocycles. The van der Waals surface area contributed by atoms with E-state index < -0.39 is 0 Å². The summed E-state index contributed by atoms with van der Waals surface area (Å²) in [7, 11) is 0. The Hall–Kier alpha value is -0.340. The van der Waals surface area contributed by atoms with Gasteiger partial charge in [-0.2, -0.15) is 0 Å². The highest BCUT2D eigenvalue weighted by Gasteiger charge is 2.00. The lowest BCUT2D eigenvalue weighted by Crippen LogP contribution is -2.14. The largest absolute Gasteiger partial charge is 0.349 e. The minimum Gasteiger partial charge on any atom is -0.349 e. The van der Waals surface area contributed by atoms with Crippen LogP contribution in [-0.2, 0) is 9.47 Å². The number of rotatable bonds is 9. The maximum atomic E-state index is 5.38. The van der Waals surface area contributed by atoms with Crippen molar-refractivity contribution in [3.05, 3.63) is 12.2 Å². The number of hydrogen-bond donors (Lipinski definition) is 0. The van der Waals surface area contributed by atoms with Crippen LogP contribution in [0.5, 0.6) is 0 Å². The lowest BCUT2D eigenvalue weighted by molar-refractivity contribution is -0.104. The summed E-state index contributed by atoms with van der Waals surface area (Å²) in [6.07, 6.45) is 9.00. The van der Waals surface area contributed by atoms with E-state index in [2.05, 4.69) is 13.0 Å². The second-order valence-corrected chi connectivity index (χ2v) is 3.20. The first-order chi connectivity index (χ1) is 6.85. The Bertz CT molecular complexity index is 126. The van der Waals surface area contributed by atoms with E-state index in [1.165, 1.54) is 19.3 Å². The van der Waals surface area contributed by atoms with Crippen LogP contribution < -0.4 is 0 Å². The minimum absolute atomic E-state index is 0.147. The topological polar surface area (TPSA) is 18.5 Å². The SMILES string of the molecule is CCCCC/C=C/C(OCC)OCC. The molecule has 0 aliphatic rings. The van der Waals surface area contributed by atoms with E-state index in [0.717, 1.165) is 6.42 Å². The van der Waals surface area contributed by atoms with Gasteiger partial charge in [0, 0.05) is 13.2 Å². The molecule has 0 aromatic heterocycles. The van der Waals surface area contributed by atoms with Crippen LogP contribution in [-0.4, -0.2) is 19.5 Å². The monoisotopic (exact) mass is 200 g/mol. The molecule has 0 saturated carbocycles. The van der Waals surface area contributed by atoms with E-state index >= 15 is 0 Å². The standard InChI is InChI=1S/C12H24O2/c1-4-7-8-9-10-11-12(13-5-2)14-6-3/h10-12H,4-9H2,1-3H3/b11-10+. The average Bonchev–Trinajstić information content (AvgIpc) is 2.18. The molecule has 0 heterocycles. The zero-order valence-electron chi connectivity index (χ0n) is 9.79. The lowest BCUT2D eigenvalue weighted by atomic mass is 10.2. The van der Waals surface area contributed by atoms with Gasteiger partial charge in [0.1, 0.15) is 0 Å². The normalized spacial score (nSPS) is 11.7. The Labute approximate surface area is 88.3 Å². The number of unbranched alkanes of at least 4 members (excludes halogenated alkanes) is 3. The first-order valence-corrected chi connectivity index (χ1v) is 5.74. The third kappa shape index (κ3) is 8.27. The fourth-order valence-electron chi connectivity index (χ4n) is 1.21. The summed E-state index contributed by atoms with van der Waals surface area (Å²) < 4.78 is 10.8. The molecule has 0 unspecified atom stereocenters. The van der Waals surface area contributed by atoms with Gasteiger partial charge in [0.15, 0.2) is 6.29 Å². The molecule has 0 radical (unpaired) electrons. The van der Waals surface area contributed by atoms with Crippen molar-refractivity contribution in [2.24, 2.45) is 0 Å². The molecule has 0 spiro atoms. The molecule has 0 saturated heterocycles. The molecule has 0 aliphatic heterocycles. The van der Waals surface area contributed by atoms with Crippen molar-refractivity contribution in [1.29, 1.82) is 0 Å². The second-order valence-electron chi connectivity index (χ2n) is 3.20.